The van der Waals surface area contributed by atoms with Crippen molar-refractivity contribution < 1.29 is 19.4 Å². The molecule has 1 N–H and O–H groups in total. The van der Waals surface area contributed by atoms with Crippen molar-refractivity contribution in [1.82, 2.24) is 4.90 Å². The Morgan fingerprint density at radius 1 is 1.13 bits per heavy atom. The van der Waals surface area contributed by atoms with E-state index in [1.54, 1.807) is 7.11 Å². The number of likely N-dealkylation sites (N-methyl/N-ethyl adjacent to an activating group) is 1. The highest BCUT2D eigenvalue weighted by Crippen LogP contribution is 2.66. The maximum atomic E-state index is 12.9. The monoisotopic (exact) mass is 419 g/mol. The van der Waals surface area contributed by atoms with Crippen LogP contribution in [0.25, 0.3) is 0 Å². The molecule has 4 aliphatic carbocycles. The third-order valence-electron chi connectivity index (χ3n) is 9.96. The SMILES string of the molecule is COC1CCC2CC3N(C)CC[C@@]4(CC(=O)CC[C@@]34OCC3CCCCC3)C2C1O. The Morgan fingerprint density at radius 2 is 1.93 bits per heavy atom. The van der Waals surface area contributed by atoms with E-state index in [9.17, 15) is 9.90 Å². The second-order valence-electron chi connectivity index (χ2n) is 11.2. The van der Waals surface area contributed by atoms with Gasteiger partial charge in [-0.1, -0.05) is 19.3 Å². The summed E-state index contributed by atoms with van der Waals surface area (Å²) in [7, 11) is 3.99. The number of hydrogen-bond donors (Lipinski definition) is 1. The molecule has 0 aromatic carbocycles. The second-order valence-corrected chi connectivity index (χ2v) is 11.2. The summed E-state index contributed by atoms with van der Waals surface area (Å²) in [6, 6.07) is 0.371. The number of ether oxygens (including phenoxy) is 2. The van der Waals surface area contributed by atoms with Crippen molar-refractivity contribution in [2.45, 2.75) is 101 Å². The Kier molecular flexibility index (Phi) is 5.79. The van der Waals surface area contributed by atoms with E-state index in [0.29, 0.717) is 36.5 Å². The number of piperidine rings is 1. The molecule has 7 atom stereocenters. The van der Waals surface area contributed by atoms with Gasteiger partial charge in [-0.25, -0.2) is 0 Å². The number of Topliss-reactive ketones (excluding diaryl/α,β-unsaturated/α-hetero) is 1. The van der Waals surface area contributed by atoms with Crippen molar-refractivity contribution in [1.29, 1.82) is 0 Å². The van der Waals surface area contributed by atoms with Crippen LogP contribution in [0, 0.1) is 23.2 Å². The van der Waals surface area contributed by atoms with Gasteiger partial charge in [0.2, 0.25) is 0 Å². The first-order valence-corrected chi connectivity index (χ1v) is 12.6. The zero-order chi connectivity index (χ0) is 20.9. The number of nitrogens with zero attached hydrogens (tertiary/aromatic N) is 1. The molecule has 5 heteroatoms. The quantitative estimate of drug-likeness (QED) is 0.755. The van der Waals surface area contributed by atoms with Gasteiger partial charge in [-0.2, -0.15) is 0 Å². The van der Waals surface area contributed by atoms with E-state index in [-0.39, 0.29) is 23.0 Å². The number of ketones is 1. The molecule has 0 aromatic heterocycles. The molecule has 30 heavy (non-hydrogen) atoms. The summed E-state index contributed by atoms with van der Waals surface area (Å²) in [5, 5.41) is 11.5. The summed E-state index contributed by atoms with van der Waals surface area (Å²) < 4.78 is 12.8. The van der Waals surface area contributed by atoms with Crippen molar-refractivity contribution in [3.8, 4) is 0 Å². The fraction of sp³-hybridized carbons (Fsp3) is 0.960. The Hall–Kier alpha value is -0.490. The molecular weight excluding hydrogens is 378 g/mol. The van der Waals surface area contributed by atoms with E-state index in [4.69, 9.17) is 9.47 Å². The highest BCUT2D eigenvalue weighted by Gasteiger charge is 2.71. The Labute approximate surface area is 181 Å². The van der Waals surface area contributed by atoms with E-state index < -0.39 is 6.10 Å². The van der Waals surface area contributed by atoms with Gasteiger partial charge >= 0.3 is 0 Å². The van der Waals surface area contributed by atoms with Crippen LogP contribution in [0.2, 0.25) is 0 Å². The summed E-state index contributed by atoms with van der Waals surface area (Å²) in [5.41, 5.74) is -0.517. The normalized spacial score (nSPS) is 47.6. The van der Waals surface area contributed by atoms with Crippen LogP contribution in [-0.2, 0) is 14.3 Å². The lowest BCUT2D eigenvalue weighted by Crippen LogP contribution is -2.77. The molecule has 5 aliphatic rings. The number of carbonyl (C=O) groups excluding carboxylic acids is 1. The number of aliphatic hydroxyl groups excluding tert-OH is 1. The number of hydrogen-bond acceptors (Lipinski definition) is 5. The Bertz CT molecular complexity index is 649. The van der Waals surface area contributed by atoms with Gasteiger partial charge in [0, 0.05) is 31.4 Å². The van der Waals surface area contributed by atoms with Crippen molar-refractivity contribution in [3.05, 3.63) is 0 Å². The number of likely N-dealkylation sites (tertiary alicyclic amines) is 1. The summed E-state index contributed by atoms with van der Waals surface area (Å²) in [6.07, 6.45) is 12.1. The first-order valence-electron chi connectivity index (χ1n) is 12.6. The van der Waals surface area contributed by atoms with Gasteiger partial charge in [-0.05, 0) is 76.3 Å². The Balaban J connectivity index is 1.53. The lowest BCUT2D eigenvalue weighted by atomic mass is 9.42. The molecule has 1 aliphatic heterocycles. The van der Waals surface area contributed by atoms with E-state index in [1.165, 1.54) is 32.1 Å². The molecule has 0 aromatic rings. The first kappa shape index (κ1) is 21.4. The summed E-state index contributed by atoms with van der Waals surface area (Å²) in [5.74, 6) is 1.63. The molecule has 1 heterocycles. The molecule has 0 amide bonds. The zero-order valence-electron chi connectivity index (χ0n) is 19.0. The molecule has 2 bridgehead atoms. The molecule has 5 unspecified atom stereocenters. The van der Waals surface area contributed by atoms with E-state index in [1.807, 2.05) is 0 Å². The average molecular weight is 420 g/mol. The largest absolute Gasteiger partial charge is 0.390 e. The Morgan fingerprint density at radius 3 is 2.70 bits per heavy atom. The molecule has 5 nitrogen and oxygen atoms in total. The van der Waals surface area contributed by atoms with Crippen LogP contribution in [-0.4, -0.2) is 66.9 Å². The van der Waals surface area contributed by atoms with Gasteiger partial charge in [0.15, 0.2) is 0 Å². The van der Waals surface area contributed by atoms with Gasteiger partial charge < -0.3 is 19.5 Å². The number of methoxy groups -OCH3 is 1. The lowest BCUT2D eigenvalue weighted by Gasteiger charge is -2.70. The van der Waals surface area contributed by atoms with Crippen LogP contribution < -0.4 is 0 Å². The highest BCUT2D eigenvalue weighted by atomic mass is 16.5. The predicted octanol–water partition coefficient (Wildman–Crippen LogP) is 3.57. The van der Waals surface area contributed by atoms with Gasteiger partial charge in [0.05, 0.1) is 24.4 Å². The number of aliphatic hydroxyl groups is 1. The van der Waals surface area contributed by atoms with Crippen molar-refractivity contribution >= 4 is 5.78 Å². The third kappa shape index (κ3) is 3.14. The molecule has 5 fully saturated rings. The molecule has 1 saturated heterocycles. The molecule has 0 radical (unpaired) electrons. The predicted molar refractivity (Wildman–Crippen MR) is 115 cm³/mol. The second kappa shape index (κ2) is 8.13. The lowest BCUT2D eigenvalue weighted by molar-refractivity contribution is -0.294. The van der Waals surface area contributed by atoms with Crippen LogP contribution in [0.3, 0.4) is 0 Å². The minimum absolute atomic E-state index is 0.107. The summed E-state index contributed by atoms with van der Waals surface area (Å²) in [4.78, 5) is 15.4. The molecule has 170 valence electrons. The third-order valence-corrected chi connectivity index (χ3v) is 9.96. The van der Waals surface area contributed by atoms with Crippen LogP contribution in [0.4, 0.5) is 0 Å². The standard InChI is InChI=1S/C25H41NO4/c1-26-13-12-24-15-19(27)10-11-25(24,30-16-17-6-4-3-5-7-17)21(26)14-18-8-9-20(29-2)23(28)22(18)24/h17-18,20-23,28H,3-16H2,1-2H3/t18?,20?,21?,22?,23?,24-,25-/m1/s1. The van der Waals surface area contributed by atoms with Crippen molar-refractivity contribution in [3.63, 3.8) is 0 Å². The van der Waals surface area contributed by atoms with Gasteiger partial charge in [-0.15, -0.1) is 0 Å². The van der Waals surface area contributed by atoms with Crippen LogP contribution in [0.5, 0.6) is 0 Å². The molecule has 5 rings (SSSR count). The van der Waals surface area contributed by atoms with Crippen LogP contribution >= 0.6 is 0 Å². The van der Waals surface area contributed by atoms with Crippen molar-refractivity contribution in [2.75, 3.05) is 27.3 Å². The maximum Gasteiger partial charge on any atom is 0.133 e. The van der Waals surface area contributed by atoms with Gasteiger partial charge in [-0.3, -0.25) is 4.79 Å². The van der Waals surface area contributed by atoms with E-state index in [2.05, 4.69) is 11.9 Å². The minimum Gasteiger partial charge on any atom is -0.390 e. The van der Waals surface area contributed by atoms with E-state index >= 15 is 0 Å². The highest BCUT2D eigenvalue weighted by molar-refractivity contribution is 5.81. The van der Waals surface area contributed by atoms with E-state index in [0.717, 1.165) is 45.3 Å². The summed E-state index contributed by atoms with van der Waals surface area (Å²) in [6.45, 7) is 1.83. The molecule has 4 saturated carbocycles. The molecule has 0 spiro atoms. The van der Waals surface area contributed by atoms with Crippen molar-refractivity contribution in [2.24, 2.45) is 23.2 Å². The van der Waals surface area contributed by atoms with Gasteiger partial charge in [0.1, 0.15) is 5.78 Å². The first-order chi connectivity index (χ1) is 14.5. The topological polar surface area (TPSA) is 59.0 Å². The number of carbonyl (C=O) groups is 1. The average Bonchev–Trinajstić information content (AvgIpc) is 2.76. The fourth-order valence-corrected chi connectivity index (χ4v) is 8.54. The number of rotatable bonds is 4. The van der Waals surface area contributed by atoms with Crippen LogP contribution in [0.15, 0.2) is 0 Å². The number of fused-ring (bicyclic) bond motifs is 1. The smallest absolute Gasteiger partial charge is 0.133 e. The molecular formula is C25H41NO4. The fourth-order valence-electron chi connectivity index (χ4n) is 8.54. The maximum absolute atomic E-state index is 12.9. The van der Waals surface area contributed by atoms with Gasteiger partial charge in [0.25, 0.3) is 0 Å². The minimum atomic E-state index is -0.485. The zero-order valence-corrected chi connectivity index (χ0v) is 19.0. The van der Waals surface area contributed by atoms with Crippen LogP contribution in [0.1, 0.15) is 77.0 Å². The summed E-state index contributed by atoms with van der Waals surface area (Å²) >= 11 is 0.